The van der Waals surface area contributed by atoms with Crippen molar-refractivity contribution in [3.63, 3.8) is 0 Å². The van der Waals surface area contributed by atoms with Crippen molar-refractivity contribution >= 4 is 5.96 Å². The van der Waals surface area contributed by atoms with Gasteiger partial charge in [0.15, 0.2) is 5.96 Å². The molecule has 0 bridgehead atoms. The van der Waals surface area contributed by atoms with Crippen LogP contribution in [0.4, 0.5) is 0 Å². The predicted octanol–water partition coefficient (Wildman–Crippen LogP) is 1.94. The minimum absolute atomic E-state index is 0.591. The van der Waals surface area contributed by atoms with E-state index in [4.69, 9.17) is 15.2 Å². The van der Waals surface area contributed by atoms with Crippen LogP contribution < -0.4 is 10.5 Å². The molecule has 0 spiro atoms. The van der Waals surface area contributed by atoms with Crippen LogP contribution in [0.1, 0.15) is 24.8 Å². The molecule has 0 aromatic heterocycles. The first-order valence-electron chi connectivity index (χ1n) is 9.13. The van der Waals surface area contributed by atoms with Gasteiger partial charge in [-0.05, 0) is 44.0 Å². The van der Waals surface area contributed by atoms with Crippen molar-refractivity contribution in [2.75, 3.05) is 53.6 Å². The van der Waals surface area contributed by atoms with E-state index in [-0.39, 0.29) is 0 Å². The van der Waals surface area contributed by atoms with Gasteiger partial charge in [0, 0.05) is 33.3 Å². The Morgan fingerprint density at radius 1 is 1.20 bits per heavy atom. The number of guanidine groups is 1. The van der Waals surface area contributed by atoms with Gasteiger partial charge in [-0.3, -0.25) is 0 Å². The number of piperidine rings is 1. The van der Waals surface area contributed by atoms with Crippen molar-refractivity contribution in [1.29, 1.82) is 0 Å². The summed E-state index contributed by atoms with van der Waals surface area (Å²) in [5.41, 5.74) is 7.23. The smallest absolute Gasteiger partial charge is 0.191 e. The van der Waals surface area contributed by atoms with Gasteiger partial charge in [-0.2, -0.15) is 0 Å². The van der Waals surface area contributed by atoms with Crippen molar-refractivity contribution in [3.8, 4) is 5.75 Å². The summed E-state index contributed by atoms with van der Waals surface area (Å²) >= 11 is 0. The van der Waals surface area contributed by atoms with Crippen LogP contribution in [-0.2, 0) is 11.3 Å². The lowest BCUT2D eigenvalue weighted by molar-refractivity contribution is 0.150. The van der Waals surface area contributed by atoms with Crippen LogP contribution in [0.2, 0.25) is 0 Å². The Labute approximate surface area is 151 Å². The van der Waals surface area contributed by atoms with E-state index in [1.807, 2.05) is 18.2 Å². The van der Waals surface area contributed by atoms with Crippen LogP contribution in [0.5, 0.6) is 5.75 Å². The molecule has 6 nitrogen and oxygen atoms in total. The number of nitrogens with two attached hydrogens (primary N) is 1. The molecule has 1 fully saturated rings. The zero-order chi connectivity index (χ0) is 17.9. The number of methoxy groups -OCH3 is 1. The monoisotopic (exact) mass is 348 g/mol. The quantitative estimate of drug-likeness (QED) is 0.546. The summed E-state index contributed by atoms with van der Waals surface area (Å²) in [5.74, 6) is 1.54. The van der Waals surface area contributed by atoms with E-state index in [1.165, 1.54) is 19.3 Å². The molecule has 0 saturated carbocycles. The van der Waals surface area contributed by atoms with Gasteiger partial charge in [0.25, 0.3) is 0 Å². The normalized spacial score (nSPS) is 15.6. The van der Waals surface area contributed by atoms with E-state index in [1.54, 1.807) is 7.11 Å². The molecule has 0 atom stereocenters. The summed E-state index contributed by atoms with van der Waals surface area (Å²) in [7, 11) is 3.78. The van der Waals surface area contributed by atoms with Crippen molar-refractivity contribution in [2.45, 2.75) is 25.8 Å². The standard InChI is InChI=1S/C19H32N4O2/c1-22(11-13-24-2)12-14-25-18-8-6-7-17(15-18)16-21-19(20)23-9-4-3-5-10-23/h6-8,15H,3-5,9-14,16H2,1-2H3,(H2,20,21). The van der Waals surface area contributed by atoms with E-state index < -0.39 is 0 Å². The van der Waals surface area contributed by atoms with Gasteiger partial charge in [-0.1, -0.05) is 12.1 Å². The Hall–Kier alpha value is -1.79. The van der Waals surface area contributed by atoms with E-state index in [2.05, 4.69) is 27.9 Å². The number of hydrogen-bond acceptors (Lipinski definition) is 4. The largest absolute Gasteiger partial charge is 0.492 e. The molecule has 0 amide bonds. The van der Waals surface area contributed by atoms with E-state index in [0.29, 0.717) is 19.1 Å². The van der Waals surface area contributed by atoms with E-state index in [9.17, 15) is 0 Å². The first-order valence-corrected chi connectivity index (χ1v) is 9.13. The minimum Gasteiger partial charge on any atom is -0.492 e. The lowest BCUT2D eigenvalue weighted by Crippen LogP contribution is -2.40. The average molecular weight is 348 g/mol. The summed E-state index contributed by atoms with van der Waals surface area (Å²) in [5, 5.41) is 0. The highest BCUT2D eigenvalue weighted by molar-refractivity contribution is 5.78. The molecule has 0 unspecified atom stereocenters. The molecule has 0 radical (unpaired) electrons. The summed E-state index contributed by atoms with van der Waals surface area (Å²) in [6.45, 7) is 5.81. The second-order valence-corrected chi connectivity index (χ2v) is 6.51. The Balaban J connectivity index is 1.78. The number of likely N-dealkylation sites (tertiary alicyclic amines) is 1. The first kappa shape index (κ1) is 19.5. The maximum Gasteiger partial charge on any atom is 0.191 e. The molecule has 1 aliphatic heterocycles. The number of ether oxygens (including phenoxy) is 2. The molecule has 1 aromatic rings. The van der Waals surface area contributed by atoms with Crippen LogP contribution in [0.15, 0.2) is 29.3 Å². The Bertz CT molecular complexity index is 530. The highest BCUT2D eigenvalue weighted by Crippen LogP contribution is 2.14. The Morgan fingerprint density at radius 3 is 2.72 bits per heavy atom. The fourth-order valence-corrected chi connectivity index (χ4v) is 2.81. The molecule has 0 aliphatic carbocycles. The zero-order valence-corrected chi connectivity index (χ0v) is 15.6. The number of hydrogen-bond donors (Lipinski definition) is 1. The highest BCUT2D eigenvalue weighted by Gasteiger charge is 2.11. The Morgan fingerprint density at radius 2 is 1.96 bits per heavy atom. The molecule has 2 N–H and O–H groups in total. The van der Waals surface area contributed by atoms with Crippen molar-refractivity contribution in [3.05, 3.63) is 29.8 Å². The number of benzene rings is 1. The molecular formula is C19H32N4O2. The second kappa shape index (κ2) is 10.9. The van der Waals surface area contributed by atoms with Crippen LogP contribution in [-0.4, -0.2) is 69.3 Å². The molecule has 1 heterocycles. The zero-order valence-electron chi connectivity index (χ0n) is 15.6. The molecule has 1 saturated heterocycles. The van der Waals surface area contributed by atoms with Crippen LogP contribution in [0.25, 0.3) is 0 Å². The fourth-order valence-electron chi connectivity index (χ4n) is 2.81. The van der Waals surface area contributed by atoms with Gasteiger partial charge in [-0.25, -0.2) is 4.99 Å². The van der Waals surface area contributed by atoms with Crippen LogP contribution in [0, 0.1) is 0 Å². The van der Waals surface area contributed by atoms with Crippen molar-refractivity contribution < 1.29 is 9.47 Å². The predicted molar refractivity (Wildman–Crippen MR) is 102 cm³/mol. The lowest BCUT2D eigenvalue weighted by Gasteiger charge is -2.27. The maximum absolute atomic E-state index is 6.12. The van der Waals surface area contributed by atoms with Crippen molar-refractivity contribution in [1.82, 2.24) is 9.80 Å². The van der Waals surface area contributed by atoms with Gasteiger partial charge in [0.1, 0.15) is 12.4 Å². The summed E-state index contributed by atoms with van der Waals surface area (Å²) in [4.78, 5) is 8.92. The first-order chi connectivity index (χ1) is 12.2. The third-order valence-electron chi connectivity index (χ3n) is 4.42. The van der Waals surface area contributed by atoms with Gasteiger partial charge >= 0.3 is 0 Å². The van der Waals surface area contributed by atoms with Crippen molar-refractivity contribution in [2.24, 2.45) is 10.7 Å². The third-order valence-corrected chi connectivity index (χ3v) is 4.42. The second-order valence-electron chi connectivity index (χ2n) is 6.51. The number of aliphatic imine (C=N–C) groups is 1. The van der Waals surface area contributed by atoms with Gasteiger partial charge in [0.2, 0.25) is 0 Å². The molecule has 6 heteroatoms. The van der Waals surface area contributed by atoms with E-state index >= 15 is 0 Å². The molecule has 1 aliphatic rings. The molecule has 140 valence electrons. The number of nitrogens with zero attached hydrogens (tertiary/aromatic N) is 3. The van der Waals surface area contributed by atoms with Crippen LogP contribution in [0.3, 0.4) is 0 Å². The van der Waals surface area contributed by atoms with Gasteiger partial charge in [-0.15, -0.1) is 0 Å². The molecule has 25 heavy (non-hydrogen) atoms. The number of rotatable bonds is 9. The fraction of sp³-hybridized carbons (Fsp3) is 0.632. The summed E-state index contributed by atoms with van der Waals surface area (Å²) in [6, 6.07) is 8.09. The average Bonchev–Trinajstić information content (AvgIpc) is 2.65. The highest BCUT2D eigenvalue weighted by atomic mass is 16.5. The van der Waals surface area contributed by atoms with Crippen LogP contribution >= 0.6 is 0 Å². The maximum atomic E-state index is 6.12. The third kappa shape index (κ3) is 7.32. The summed E-state index contributed by atoms with van der Waals surface area (Å²) in [6.07, 6.45) is 3.71. The topological polar surface area (TPSA) is 63.3 Å². The molecule has 1 aromatic carbocycles. The summed E-state index contributed by atoms with van der Waals surface area (Å²) < 4.78 is 10.9. The molecule has 2 rings (SSSR count). The van der Waals surface area contributed by atoms with E-state index in [0.717, 1.165) is 44.1 Å². The number of likely N-dealkylation sites (N-methyl/N-ethyl adjacent to an activating group) is 1. The Kier molecular flexibility index (Phi) is 8.55. The van der Waals surface area contributed by atoms with Gasteiger partial charge < -0.3 is 25.0 Å². The van der Waals surface area contributed by atoms with Gasteiger partial charge in [0.05, 0.1) is 13.2 Å². The minimum atomic E-state index is 0.591. The SMILES string of the molecule is COCCN(C)CCOc1cccc(CN=C(N)N2CCCCC2)c1. The lowest BCUT2D eigenvalue weighted by atomic mass is 10.1. The molecular weight excluding hydrogens is 316 g/mol.